The van der Waals surface area contributed by atoms with E-state index in [2.05, 4.69) is 5.32 Å². The fourth-order valence-corrected chi connectivity index (χ4v) is 5.68. The van der Waals surface area contributed by atoms with Crippen molar-refractivity contribution in [1.29, 1.82) is 0 Å². The maximum atomic E-state index is 13.6. The number of aliphatic hydroxyl groups is 4. The first kappa shape index (κ1) is 24.9. The quantitative estimate of drug-likeness (QED) is 0.294. The maximum Gasteiger partial charge on any atom is 0.255 e. The number of amides is 1. The summed E-state index contributed by atoms with van der Waals surface area (Å²) >= 11 is 0. The van der Waals surface area contributed by atoms with E-state index in [1.807, 2.05) is 13.8 Å². The van der Waals surface area contributed by atoms with Gasteiger partial charge in [-0.2, -0.15) is 0 Å². The third kappa shape index (κ3) is 3.47. The predicted octanol–water partition coefficient (Wildman–Crippen LogP) is 0.701. The zero-order chi connectivity index (χ0) is 26.0. The molecular formula is C25H30N2O8. The lowest BCUT2D eigenvalue weighted by Gasteiger charge is -2.50. The number of rotatable bonds is 5. The molecule has 5 atom stereocenters. The van der Waals surface area contributed by atoms with E-state index in [9.17, 15) is 39.9 Å². The lowest BCUT2D eigenvalue weighted by Crippen LogP contribution is -2.63. The molecule has 10 nitrogen and oxygen atoms in total. The first-order chi connectivity index (χ1) is 16.3. The molecule has 1 amide bonds. The molecule has 8 N–H and O–H groups in total. The number of Topliss-reactive ketones (excluding diaryl/α,β-unsaturated/α-hetero) is 2. The molecule has 3 aliphatic rings. The van der Waals surface area contributed by atoms with Crippen molar-refractivity contribution in [2.75, 3.05) is 6.54 Å². The Hall–Kier alpha value is -3.21. The third-order valence-electron chi connectivity index (χ3n) is 7.45. The highest BCUT2D eigenvalue weighted by Crippen LogP contribution is 2.55. The Kier molecular flexibility index (Phi) is 6.03. The van der Waals surface area contributed by atoms with Crippen molar-refractivity contribution in [3.8, 4) is 5.75 Å². The minimum absolute atomic E-state index is 0.000627. The number of nitrogens with two attached hydrogens (primary N) is 1. The van der Waals surface area contributed by atoms with Gasteiger partial charge >= 0.3 is 0 Å². The van der Waals surface area contributed by atoms with Crippen molar-refractivity contribution in [3.05, 3.63) is 45.7 Å². The molecule has 0 spiro atoms. The number of hydrogen-bond donors (Lipinski definition) is 7. The average Bonchev–Trinajstić information content (AvgIpc) is 2.77. The number of primary amides is 1. The normalized spacial score (nSPS) is 30.3. The van der Waals surface area contributed by atoms with E-state index < -0.39 is 70.4 Å². The van der Waals surface area contributed by atoms with Gasteiger partial charge in [0, 0.05) is 35.9 Å². The molecule has 0 aliphatic heterocycles. The summed E-state index contributed by atoms with van der Waals surface area (Å²) in [5.41, 5.74) is 2.02. The van der Waals surface area contributed by atoms with E-state index in [-0.39, 0.29) is 16.9 Å². The number of nitrogens with one attached hydrogen (secondary N) is 1. The second-order valence-electron chi connectivity index (χ2n) is 10.0. The molecule has 0 heterocycles. The van der Waals surface area contributed by atoms with Crippen molar-refractivity contribution < 1.29 is 39.9 Å². The fourth-order valence-electron chi connectivity index (χ4n) is 5.68. The van der Waals surface area contributed by atoms with Gasteiger partial charge in [0.1, 0.15) is 22.8 Å². The Labute approximate surface area is 201 Å². The number of carbonyl (C=O) groups is 3. The van der Waals surface area contributed by atoms with Crippen molar-refractivity contribution in [2.45, 2.75) is 51.4 Å². The van der Waals surface area contributed by atoms with Gasteiger partial charge in [0.2, 0.25) is 5.78 Å². The fraction of sp³-hybridized carbons (Fsp3) is 0.480. The summed E-state index contributed by atoms with van der Waals surface area (Å²) in [6.45, 7) is 6.74. The molecule has 35 heavy (non-hydrogen) atoms. The van der Waals surface area contributed by atoms with Gasteiger partial charge in [0.15, 0.2) is 11.4 Å². The van der Waals surface area contributed by atoms with Crippen LogP contribution >= 0.6 is 0 Å². The van der Waals surface area contributed by atoms with Gasteiger partial charge in [-0.3, -0.25) is 14.4 Å². The topological polar surface area (TPSA) is 190 Å². The van der Waals surface area contributed by atoms with E-state index in [1.165, 1.54) is 0 Å². The van der Waals surface area contributed by atoms with Gasteiger partial charge in [-0.15, -0.1) is 0 Å². The monoisotopic (exact) mass is 486 g/mol. The Morgan fingerprint density at radius 1 is 1.23 bits per heavy atom. The molecule has 1 aromatic rings. The second kappa shape index (κ2) is 8.47. The molecule has 1 aromatic carbocycles. The van der Waals surface area contributed by atoms with E-state index in [0.717, 1.165) is 0 Å². The van der Waals surface area contributed by atoms with Crippen LogP contribution in [-0.2, 0) is 20.9 Å². The van der Waals surface area contributed by atoms with Crippen LogP contribution in [0.1, 0.15) is 49.8 Å². The summed E-state index contributed by atoms with van der Waals surface area (Å²) in [5, 5.41) is 58.6. The van der Waals surface area contributed by atoms with Gasteiger partial charge < -0.3 is 36.6 Å². The van der Waals surface area contributed by atoms with Crippen LogP contribution in [0.5, 0.6) is 5.75 Å². The van der Waals surface area contributed by atoms with Gasteiger partial charge in [-0.1, -0.05) is 32.9 Å². The summed E-state index contributed by atoms with van der Waals surface area (Å²) < 4.78 is 0. The van der Waals surface area contributed by atoms with Gasteiger partial charge in [0.05, 0.1) is 11.7 Å². The lowest BCUT2D eigenvalue weighted by molar-refractivity contribution is -0.160. The first-order valence-corrected chi connectivity index (χ1v) is 11.5. The SMILES string of the molecule is CC(C)CNCc1ccc2c(c1O)C(O)=C1C(=O)C3(O)C(O)=C(C(N)=O)C(=O)CC3C(O)C1C2C. The Morgan fingerprint density at radius 3 is 2.49 bits per heavy atom. The molecule has 1 fully saturated rings. The number of phenolic OH excluding ortho intramolecular Hbond substituents is 1. The van der Waals surface area contributed by atoms with Crippen LogP contribution in [0.25, 0.3) is 5.76 Å². The van der Waals surface area contributed by atoms with E-state index in [0.29, 0.717) is 30.1 Å². The van der Waals surface area contributed by atoms with Crippen LogP contribution in [0, 0.1) is 17.8 Å². The van der Waals surface area contributed by atoms with Crippen LogP contribution in [-0.4, -0.2) is 61.3 Å². The molecule has 1 saturated carbocycles. The maximum absolute atomic E-state index is 13.6. The Morgan fingerprint density at radius 2 is 1.89 bits per heavy atom. The van der Waals surface area contributed by atoms with Crippen LogP contribution < -0.4 is 11.1 Å². The second-order valence-corrected chi connectivity index (χ2v) is 10.0. The number of phenols is 1. The van der Waals surface area contributed by atoms with E-state index in [4.69, 9.17) is 5.73 Å². The smallest absolute Gasteiger partial charge is 0.255 e. The number of aromatic hydroxyl groups is 1. The molecule has 0 bridgehead atoms. The standard InChI is InChI=1S/C25H30N2O8/c1-9(2)7-27-8-11-4-5-12-10(3)15-18(21(31)16(12)19(11)29)23(33)25(35)13(20(15)30)6-14(28)17(22(25)32)24(26)34/h4-5,9-10,13,15,20,27,29-32,35H,6-8H2,1-3H3,(H2,26,34). The number of ketones is 2. The molecule has 3 aliphatic carbocycles. The van der Waals surface area contributed by atoms with E-state index >= 15 is 0 Å². The number of hydrogen-bond acceptors (Lipinski definition) is 9. The van der Waals surface area contributed by atoms with Crippen LogP contribution in [0.15, 0.2) is 29.0 Å². The first-order valence-electron chi connectivity index (χ1n) is 11.5. The molecule has 5 unspecified atom stereocenters. The van der Waals surface area contributed by atoms with Gasteiger partial charge in [-0.05, 0) is 23.9 Å². The van der Waals surface area contributed by atoms with Crippen molar-refractivity contribution >= 4 is 23.2 Å². The molecule has 10 heteroatoms. The highest BCUT2D eigenvalue weighted by Gasteiger charge is 2.64. The summed E-state index contributed by atoms with van der Waals surface area (Å²) in [5.74, 6) is -8.19. The summed E-state index contributed by atoms with van der Waals surface area (Å²) in [6.07, 6.45) is -2.13. The molecular weight excluding hydrogens is 456 g/mol. The average molecular weight is 487 g/mol. The summed E-state index contributed by atoms with van der Waals surface area (Å²) in [4.78, 5) is 37.8. The van der Waals surface area contributed by atoms with Crippen molar-refractivity contribution in [3.63, 3.8) is 0 Å². The minimum atomic E-state index is -2.83. The van der Waals surface area contributed by atoms with Gasteiger partial charge in [-0.25, -0.2) is 0 Å². The van der Waals surface area contributed by atoms with Crippen LogP contribution in [0.2, 0.25) is 0 Å². The zero-order valence-corrected chi connectivity index (χ0v) is 19.7. The van der Waals surface area contributed by atoms with Crippen LogP contribution in [0.3, 0.4) is 0 Å². The third-order valence-corrected chi connectivity index (χ3v) is 7.45. The van der Waals surface area contributed by atoms with Crippen LogP contribution in [0.4, 0.5) is 0 Å². The lowest BCUT2D eigenvalue weighted by atomic mass is 9.55. The number of fused-ring (bicyclic) bond motifs is 3. The Bertz CT molecular complexity index is 1200. The molecule has 0 aromatic heterocycles. The largest absolute Gasteiger partial charge is 0.508 e. The number of carbonyl (C=O) groups excluding carboxylic acids is 3. The highest BCUT2D eigenvalue weighted by atomic mass is 16.4. The predicted molar refractivity (Wildman–Crippen MR) is 124 cm³/mol. The molecule has 188 valence electrons. The summed E-state index contributed by atoms with van der Waals surface area (Å²) in [7, 11) is 0. The van der Waals surface area contributed by atoms with E-state index in [1.54, 1.807) is 19.1 Å². The minimum Gasteiger partial charge on any atom is -0.508 e. The van der Waals surface area contributed by atoms with Gasteiger partial charge in [0.25, 0.3) is 5.91 Å². The van der Waals surface area contributed by atoms with Crippen molar-refractivity contribution in [1.82, 2.24) is 5.32 Å². The number of aliphatic hydroxyl groups excluding tert-OH is 3. The highest BCUT2D eigenvalue weighted by molar-refractivity contribution is 6.23. The zero-order valence-electron chi connectivity index (χ0n) is 19.7. The Balaban J connectivity index is 1.88. The molecule has 4 rings (SSSR count). The number of benzene rings is 1. The summed E-state index contributed by atoms with van der Waals surface area (Å²) in [6, 6.07) is 3.40. The molecule has 0 saturated heterocycles. The van der Waals surface area contributed by atoms with Crippen molar-refractivity contribution in [2.24, 2.45) is 23.5 Å². The molecule has 0 radical (unpaired) electrons.